The molecule has 0 saturated heterocycles. The fourth-order valence-electron chi connectivity index (χ4n) is 4.25. The van der Waals surface area contributed by atoms with Gasteiger partial charge in [0.15, 0.2) is 0 Å². The molecule has 4 rings (SSSR count). The highest BCUT2D eigenvalue weighted by Gasteiger charge is 2.25. The van der Waals surface area contributed by atoms with E-state index in [1.54, 1.807) is 13.8 Å². The molecule has 33 heavy (non-hydrogen) atoms. The second kappa shape index (κ2) is 9.88. The molecule has 1 heterocycles. The van der Waals surface area contributed by atoms with Crippen molar-refractivity contribution in [2.45, 2.75) is 31.8 Å². The van der Waals surface area contributed by atoms with Gasteiger partial charge in [-0.3, -0.25) is 0 Å². The fraction of sp³-hybridized carbons (Fsp3) is 0.207. The molecule has 0 bridgehead atoms. The van der Waals surface area contributed by atoms with Crippen LogP contribution in [-0.2, 0) is 5.60 Å². The summed E-state index contributed by atoms with van der Waals surface area (Å²) >= 11 is 6.11. The van der Waals surface area contributed by atoms with Crippen molar-refractivity contribution in [1.82, 2.24) is 4.98 Å². The highest BCUT2D eigenvalue weighted by molar-refractivity contribution is 6.31. The Balaban J connectivity index is 1.67. The number of hydrogen-bond donors (Lipinski definition) is 2. The second-order valence-electron chi connectivity index (χ2n) is 8.79. The third kappa shape index (κ3) is 5.51. The van der Waals surface area contributed by atoms with Crippen LogP contribution < -0.4 is 0 Å². The SMILES string of the molecule is CC(C)(O)c1ccccc1C(CCO)c1cccc(C=Cc2ccc3ccc(Cl)cc3n2)c1. The van der Waals surface area contributed by atoms with E-state index in [2.05, 4.69) is 18.2 Å². The number of hydrogen-bond acceptors (Lipinski definition) is 3. The van der Waals surface area contributed by atoms with Crippen molar-refractivity contribution in [2.75, 3.05) is 6.61 Å². The van der Waals surface area contributed by atoms with Crippen molar-refractivity contribution in [3.63, 3.8) is 0 Å². The molecule has 3 nitrogen and oxygen atoms in total. The van der Waals surface area contributed by atoms with Crippen LogP contribution in [0.25, 0.3) is 23.1 Å². The van der Waals surface area contributed by atoms with Gasteiger partial charge in [0.05, 0.1) is 16.8 Å². The molecule has 1 atom stereocenters. The number of benzene rings is 3. The molecule has 4 aromatic rings. The van der Waals surface area contributed by atoms with Gasteiger partial charge in [0.25, 0.3) is 0 Å². The number of aliphatic hydroxyl groups is 2. The van der Waals surface area contributed by atoms with Crippen molar-refractivity contribution in [1.29, 1.82) is 0 Å². The Hall–Kier alpha value is -2.98. The van der Waals surface area contributed by atoms with Gasteiger partial charge in [0, 0.05) is 22.9 Å². The molecule has 0 aliphatic rings. The molecule has 168 valence electrons. The monoisotopic (exact) mass is 457 g/mol. The Kier molecular flexibility index (Phi) is 6.94. The van der Waals surface area contributed by atoms with E-state index in [-0.39, 0.29) is 12.5 Å². The summed E-state index contributed by atoms with van der Waals surface area (Å²) in [6.07, 6.45) is 4.61. The highest BCUT2D eigenvalue weighted by Crippen LogP contribution is 2.35. The zero-order chi connectivity index (χ0) is 23.4. The summed E-state index contributed by atoms with van der Waals surface area (Å²) in [5.74, 6) is -0.0214. The number of aliphatic hydroxyl groups excluding tert-OH is 1. The standard InChI is InChI=1S/C29H28ClNO2/c1-29(2,33)27-9-4-3-8-26(27)25(16-17-32)22-7-5-6-20(18-22)10-14-24-15-12-21-11-13-23(30)19-28(21)31-24/h3-15,18-19,25,32-33H,16-17H2,1-2H3. The van der Waals surface area contributed by atoms with Gasteiger partial charge >= 0.3 is 0 Å². The Morgan fingerprint density at radius 3 is 2.52 bits per heavy atom. The molecule has 2 N–H and O–H groups in total. The molecule has 0 aliphatic heterocycles. The van der Waals surface area contributed by atoms with Crippen LogP contribution in [0.3, 0.4) is 0 Å². The summed E-state index contributed by atoms with van der Waals surface area (Å²) in [6.45, 7) is 3.66. The van der Waals surface area contributed by atoms with Gasteiger partial charge in [-0.25, -0.2) is 4.98 Å². The van der Waals surface area contributed by atoms with E-state index in [1.165, 1.54) is 0 Å². The molecule has 0 amide bonds. The minimum absolute atomic E-state index is 0.0214. The van der Waals surface area contributed by atoms with Crippen LogP contribution in [-0.4, -0.2) is 21.8 Å². The first-order valence-electron chi connectivity index (χ1n) is 11.1. The quantitative estimate of drug-likeness (QED) is 0.321. The van der Waals surface area contributed by atoms with Gasteiger partial charge in [-0.1, -0.05) is 78.3 Å². The fourth-order valence-corrected chi connectivity index (χ4v) is 4.42. The average molecular weight is 458 g/mol. The van der Waals surface area contributed by atoms with Crippen molar-refractivity contribution < 1.29 is 10.2 Å². The van der Waals surface area contributed by atoms with Gasteiger partial charge in [0.2, 0.25) is 0 Å². The van der Waals surface area contributed by atoms with E-state index in [9.17, 15) is 10.2 Å². The van der Waals surface area contributed by atoms with Crippen molar-refractivity contribution in [2.24, 2.45) is 0 Å². The number of pyridine rings is 1. The topological polar surface area (TPSA) is 53.4 Å². The summed E-state index contributed by atoms with van der Waals surface area (Å²) < 4.78 is 0. The van der Waals surface area contributed by atoms with E-state index < -0.39 is 5.60 Å². The van der Waals surface area contributed by atoms with Crippen LogP contribution in [0, 0.1) is 0 Å². The van der Waals surface area contributed by atoms with Crippen LogP contribution >= 0.6 is 11.6 Å². The molecular weight excluding hydrogens is 430 g/mol. The van der Waals surface area contributed by atoms with Gasteiger partial charge in [-0.15, -0.1) is 0 Å². The molecule has 0 spiro atoms. The van der Waals surface area contributed by atoms with E-state index in [0.717, 1.165) is 38.9 Å². The lowest BCUT2D eigenvalue weighted by Crippen LogP contribution is -2.20. The lowest BCUT2D eigenvalue weighted by molar-refractivity contribution is 0.0772. The van der Waals surface area contributed by atoms with E-state index in [0.29, 0.717) is 11.4 Å². The molecule has 3 aromatic carbocycles. The summed E-state index contributed by atoms with van der Waals surface area (Å²) in [5, 5.41) is 22.2. The molecule has 0 radical (unpaired) electrons. The lowest BCUT2D eigenvalue weighted by Gasteiger charge is -2.27. The molecule has 4 heteroatoms. The van der Waals surface area contributed by atoms with Crippen LogP contribution in [0.5, 0.6) is 0 Å². The zero-order valence-electron chi connectivity index (χ0n) is 18.9. The Bertz CT molecular complexity index is 1290. The number of halogens is 1. The van der Waals surface area contributed by atoms with Crippen molar-refractivity contribution in [3.8, 4) is 0 Å². The first kappa shape index (κ1) is 23.2. The second-order valence-corrected chi connectivity index (χ2v) is 9.22. The van der Waals surface area contributed by atoms with Crippen molar-refractivity contribution >= 4 is 34.7 Å². The summed E-state index contributed by atoms with van der Waals surface area (Å²) in [5.41, 5.74) is 4.81. The third-order valence-electron chi connectivity index (χ3n) is 5.85. The maximum atomic E-state index is 10.7. The van der Waals surface area contributed by atoms with E-state index in [1.807, 2.05) is 72.8 Å². The number of rotatable bonds is 7. The van der Waals surface area contributed by atoms with Crippen LogP contribution in [0.2, 0.25) is 5.02 Å². The molecular formula is C29H28ClNO2. The first-order chi connectivity index (χ1) is 15.8. The zero-order valence-corrected chi connectivity index (χ0v) is 19.6. The minimum atomic E-state index is -0.966. The third-order valence-corrected chi connectivity index (χ3v) is 6.08. The summed E-state index contributed by atoms with van der Waals surface area (Å²) in [4.78, 5) is 4.69. The van der Waals surface area contributed by atoms with Crippen LogP contribution in [0.4, 0.5) is 0 Å². The molecule has 0 aliphatic carbocycles. The maximum Gasteiger partial charge on any atom is 0.0843 e. The predicted octanol–water partition coefficient (Wildman–Crippen LogP) is 6.80. The Labute approximate surface area is 200 Å². The van der Waals surface area contributed by atoms with Crippen LogP contribution in [0.1, 0.15) is 54.1 Å². The Morgan fingerprint density at radius 2 is 1.73 bits per heavy atom. The molecule has 0 fully saturated rings. The van der Waals surface area contributed by atoms with Gasteiger partial charge in [-0.05, 0) is 66.8 Å². The summed E-state index contributed by atoms with van der Waals surface area (Å²) in [6, 6.07) is 26.0. The van der Waals surface area contributed by atoms with Gasteiger partial charge in [-0.2, -0.15) is 0 Å². The lowest BCUT2D eigenvalue weighted by atomic mass is 9.81. The summed E-state index contributed by atoms with van der Waals surface area (Å²) in [7, 11) is 0. The van der Waals surface area contributed by atoms with E-state index >= 15 is 0 Å². The minimum Gasteiger partial charge on any atom is -0.396 e. The normalized spacial score (nSPS) is 13.0. The van der Waals surface area contributed by atoms with Gasteiger partial charge < -0.3 is 10.2 Å². The number of fused-ring (bicyclic) bond motifs is 1. The predicted molar refractivity (Wildman–Crippen MR) is 137 cm³/mol. The van der Waals surface area contributed by atoms with Crippen molar-refractivity contribution in [3.05, 3.63) is 112 Å². The smallest absolute Gasteiger partial charge is 0.0843 e. The van der Waals surface area contributed by atoms with Gasteiger partial charge in [0.1, 0.15) is 0 Å². The number of nitrogens with zero attached hydrogens (tertiary/aromatic N) is 1. The molecule has 1 unspecified atom stereocenters. The molecule has 0 saturated carbocycles. The Morgan fingerprint density at radius 1 is 0.939 bits per heavy atom. The first-order valence-corrected chi connectivity index (χ1v) is 11.5. The number of aromatic nitrogens is 1. The van der Waals surface area contributed by atoms with Crippen LogP contribution in [0.15, 0.2) is 78.9 Å². The maximum absolute atomic E-state index is 10.7. The average Bonchev–Trinajstić information content (AvgIpc) is 2.80. The van der Waals surface area contributed by atoms with E-state index in [4.69, 9.17) is 16.6 Å². The molecule has 1 aromatic heterocycles. The largest absolute Gasteiger partial charge is 0.396 e. The highest BCUT2D eigenvalue weighted by atomic mass is 35.5.